The highest BCUT2D eigenvalue weighted by molar-refractivity contribution is 6.32. The molecule has 1 saturated heterocycles. The molecule has 4 N–H and O–H groups in total. The monoisotopic (exact) mass is 448 g/mol. The van der Waals surface area contributed by atoms with E-state index in [1.54, 1.807) is 0 Å². The Bertz CT molecular complexity index is 913. The number of aliphatic hydroxyl groups is 4. The Morgan fingerprint density at radius 2 is 1.74 bits per heavy atom. The van der Waals surface area contributed by atoms with Crippen molar-refractivity contribution in [2.75, 3.05) is 13.2 Å². The largest absolute Gasteiger partial charge is 0.493 e. The minimum atomic E-state index is -1.45. The Balaban J connectivity index is 1.70. The van der Waals surface area contributed by atoms with Gasteiger partial charge in [-0.05, 0) is 35.6 Å². The second-order valence-corrected chi connectivity index (χ2v) is 8.72. The quantitative estimate of drug-likeness (QED) is 0.541. The zero-order valence-electron chi connectivity index (χ0n) is 17.5. The van der Waals surface area contributed by atoms with E-state index in [0.717, 1.165) is 29.5 Å². The molecule has 0 unspecified atom stereocenters. The van der Waals surface area contributed by atoms with Gasteiger partial charge >= 0.3 is 0 Å². The van der Waals surface area contributed by atoms with Crippen LogP contribution in [-0.4, -0.2) is 58.1 Å². The lowest BCUT2D eigenvalue weighted by Gasteiger charge is -2.40. The summed E-state index contributed by atoms with van der Waals surface area (Å²) in [4.78, 5) is 0. The highest BCUT2D eigenvalue weighted by Gasteiger charge is 2.45. The number of aryl methyl sites for hydroxylation is 1. The molecule has 2 aliphatic heterocycles. The number of benzene rings is 2. The number of hydrogen-bond donors (Lipinski definition) is 4. The summed E-state index contributed by atoms with van der Waals surface area (Å²) in [7, 11) is 0. The number of aliphatic hydroxyl groups excluding tert-OH is 4. The summed E-state index contributed by atoms with van der Waals surface area (Å²) in [5.41, 5.74) is 4.71. The van der Waals surface area contributed by atoms with Gasteiger partial charge in [0.1, 0.15) is 36.3 Å². The molecule has 168 valence electrons. The smallest absolute Gasteiger partial charge is 0.130 e. The van der Waals surface area contributed by atoms with Gasteiger partial charge in [0.05, 0.1) is 18.2 Å². The SMILES string of the molecule is CCCc1ccc(Cc2cc([C@@H]3O[C@H](CO)[C@@H](O)[C@H](O)[C@H]3O)c3c(c2Cl)CCO3)cc1. The first-order chi connectivity index (χ1) is 14.9. The van der Waals surface area contributed by atoms with Crippen molar-refractivity contribution >= 4 is 11.6 Å². The van der Waals surface area contributed by atoms with E-state index in [1.165, 1.54) is 5.56 Å². The summed E-state index contributed by atoms with van der Waals surface area (Å²) in [5.74, 6) is 0.552. The number of ether oxygens (including phenoxy) is 2. The summed E-state index contributed by atoms with van der Waals surface area (Å²) in [6, 6.07) is 10.3. The molecule has 5 atom stereocenters. The predicted molar refractivity (Wildman–Crippen MR) is 117 cm³/mol. The zero-order chi connectivity index (χ0) is 22.1. The van der Waals surface area contributed by atoms with Crippen molar-refractivity contribution in [3.05, 3.63) is 63.2 Å². The second kappa shape index (κ2) is 9.45. The van der Waals surface area contributed by atoms with Gasteiger partial charge in [0.25, 0.3) is 0 Å². The fraction of sp³-hybridized carbons (Fsp3) is 0.500. The third-order valence-corrected chi connectivity index (χ3v) is 6.64. The number of hydrogen-bond acceptors (Lipinski definition) is 6. The maximum atomic E-state index is 10.6. The first-order valence-corrected chi connectivity index (χ1v) is 11.2. The van der Waals surface area contributed by atoms with Crippen LogP contribution in [0.25, 0.3) is 0 Å². The molecule has 2 aromatic carbocycles. The van der Waals surface area contributed by atoms with Crippen molar-refractivity contribution in [3.63, 3.8) is 0 Å². The molecule has 1 fully saturated rings. The van der Waals surface area contributed by atoms with Gasteiger partial charge in [-0.2, -0.15) is 0 Å². The van der Waals surface area contributed by atoms with Crippen LogP contribution in [0.5, 0.6) is 5.75 Å². The minimum absolute atomic E-state index is 0.467. The van der Waals surface area contributed by atoms with E-state index in [2.05, 4.69) is 31.2 Å². The molecule has 6 nitrogen and oxygen atoms in total. The molecule has 2 aromatic rings. The summed E-state index contributed by atoms with van der Waals surface area (Å²) < 4.78 is 11.6. The lowest BCUT2D eigenvalue weighted by Crippen LogP contribution is -2.55. The van der Waals surface area contributed by atoms with Crippen molar-refractivity contribution in [1.82, 2.24) is 0 Å². The Morgan fingerprint density at radius 1 is 1.03 bits per heavy atom. The Hall–Kier alpha value is -1.67. The van der Waals surface area contributed by atoms with Gasteiger partial charge in [-0.15, -0.1) is 0 Å². The predicted octanol–water partition coefficient (Wildman–Crippen LogP) is 2.33. The third kappa shape index (κ3) is 4.33. The van der Waals surface area contributed by atoms with Gasteiger partial charge in [-0.25, -0.2) is 0 Å². The van der Waals surface area contributed by atoms with Crippen LogP contribution in [0.15, 0.2) is 30.3 Å². The van der Waals surface area contributed by atoms with Crippen LogP contribution in [0.4, 0.5) is 0 Å². The van der Waals surface area contributed by atoms with Gasteiger partial charge in [0.2, 0.25) is 0 Å². The number of fused-ring (bicyclic) bond motifs is 1. The van der Waals surface area contributed by atoms with Crippen LogP contribution in [0, 0.1) is 0 Å². The third-order valence-electron chi connectivity index (χ3n) is 6.17. The Labute approximate surface area is 187 Å². The second-order valence-electron chi connectivity index (χ2n) is 8.34. The van der Waals surface area contributed by atoms with Crippen LogP contribution in [0.3, 0.4) is 0 Å². The van der Waals surface area contributed by atoms with Crippen molar-refractivity contribution in [1.29, 1.82) is 0 Å². The molecule has 0 saturated carbocycles. The van der Waals surface area contributed by atoms with Crippen molar-refractivity contribution in [2.45, 2.75) is 63.1 Å². The number of rotatable bonds is 6. The molecule has 2 aliphatic rings. The van der Waals surface area contributed by atoms with Gasteiger partial charge in [-0.3, -0.25) is 0 Å². The van der Waals surface area contributed by atoms with Crippen LogP contribution < -0.4 is 4.74 Å². The van der Waals surface area contributed by atoms with Gasteiger partial charge < -0.3 is 29.9 Å². The van der Waals surface area contributed by atoms with Gasteiger partial charge in [0, 0.05) is 17.5 Å². The zero-order valence-corrected chi connectivity index (χ0v) is 18.3. The van der Waals surface area contributed by atoms with E-state index >= 15 is 0 Å². The first-order valence-electron chi connectivity index (χ1n) is 10.8. The molecule has 0 aliphatic carbocycles. The lowest BCUT2D eigenvalue weighted by molar-refractivity contribution is -0.232. The molecule has 7 heteroatoms. The fourth-order valence-electron chi connectivity index (χ4n) is 4.46. The maximum Gasteiger partial charge on any atom is 0.130 e. The van der Waals surface area contributed by atoms with E-state index < -0.39 is 37.1 Å². The maximum absolute atomic E-state index is 10.6. The molecule has 0 aromatic heterocycles. The Morgan fingerprint density at radius 3 is 2.42 bits per heavy atom. The van der Waals surface area contributed by atoms with Gasteiger partial charge in [0.15, 0.2) is 0 Å². The molecule has 0 spiro atoms. The Kier molecular flexibility index (Phi) is 6.86. The average Bonchev–Trinajstić information content (AvgIpc) is 3.27. The average molecular weight is 449 g/mol. The van der Waals surface area contributed by atoms with Crippen molar-refractivity contribution in [3.8, 4) is 5.75 Å². The van der Waals surface area contributed by atoms with Crippen LogP contribution in [-0.2, 0) is 24.0 Å². The van der Waals surface area contributed by atoms with Crippen molar-refractivity contribution in [2.24, 2.45) is 0 Å². The summed E-state index contributed by atoms with van der Waals surface area (Å²) in [6.45, 7) is 2.14. The molecule has 0 amide bonds. The molecule has 2 heterocycles. The van der Waals surface area contributed by atoms with E-state index in [4.69, 9.17) is 21.1 Å². The van der Waals surface area contributed by atoms with E-state index in [-0.39, 0.29) is 0 Å². The normalized spacial score (nSPS) is 27.7. The summed E-state index contributed by atoms with van der Waals surface area (Å²) in [6.07, 6.45) is -2.77. The molecule has 0 radical (unpaired) electrons. The molecule has 0 bridgehead atoms. The summed E-state index contributed by atoms with van der Waals surface area (Å²) >= 11 is 6.73. The molecule has 31 heavy (non-hydrogen) atoms. The molecular formula is C24H29ClO6. The van der Waals surface area contributed by atoms with Crippen LogP contribution in [0.1, 0.15) is 47.3 Å². The van der Waals surface area contributed by atoms with E-state index in [0.29, 0.717) is 35.8 Å². The van der Waals surface area contributed by atoms with Crippen LogP contribution >= 0.6 is 11.6 Å². The highest BCUT2D eigenvalue weighted by atomic mass is 35.5. The van der Waals surface area contributed by atoms with Crippen molar-refractivity contribution < 1.29 is 29.9 Å². The van der Waals surface area contributed by atoms with Crippen LogP contribution in [0.2, 0.25) is 5.02 Å². The standard InChI is InChI=1S/C24H29ClO6/c1-2-3-13-4-6-14(7-5-13)10-15-11-17(23-16(19(15)25)8-9-30-23)24-22(29)21(28)20(27)18(12-26)31-24/h4-7,11,18,20-22,24,26-29H,2-3,8-10,12H2,1H3/t18-,20-,21+,22-,24+/m1/s1. The molecular weight excluding hydrogens is 420 g/mol. The minimum Gasteiger partial charge on any atom is -0.493 e. The van der Waals surface area contributed by atoms with Gasteiger partial charge in [-0.1, -0.05) is 49.2 Å². The first kappa shape index (κ1) is 22.5. The highest BCUT2D eigenvalue weighted by Crippen LogP contribution is 2.45. The summed E-state index contributed by atoms with van der Waals surface area (Å²) in [5, 5.41) is 41.2. The fourth-order valence-corrected chi connectivity index (χ4v) is 4.77. The topological polar surface area (TPSA) is 99.4 Å². The number of halogens is 1. The molecule has 4 rings (SSSR count). The van der Waals surface area contributed by atoms with E-state index in [1.807, 2.05) is 6.07 Å². The van der Waals surface area contributed by atoms with E-state index in [9.17, 15) is 20.4 Å². The lowest BCUT2D eigenvalue weighted by atomic mass is 9.88.